The summed E-state index contributed by atoms with van der Waals surface area (Å²) in [5.74, 6) is -1.74. The van der Waals surface area contributed by atoms with E-state index < -0.39 is 23.3 Å². The summed E-state index contributed by atoms with van der Waals surface area (Å²) in [5.41, 5.74) is -0.423. The van der Waals surface area contributed by atoms with Gasteiger partial charge in [0.05, 0.1) is 11.7 Å². The average molecular weight is 284 g/mol. The molecule has 0 aliphatic heterocycles. The normalized spacial score (nSPS) is 20.4. The van der Waals surface area contributed by atoms with Crippen LogP contribution in [0.25, 0.3) is 0 Å². The molecule has 1 saturated carbocycles. The fourth-order valence-electron chi connectivity index (χ4n) is 3.10. The molecule has 4 heteroatoms. The number of aliphatic hydroxyl groups excluding tert-OH is 1. The van der Waals surface area contributed by atoms with Crippen LogP contribution in [0.2, 0.25) is 0 Å². The fraction of sp³-hybridized carbons (Fsp3) is 0.625. The van der Waals surface area contributed by atoms with Crippen LogP contribution in [-0.4, -0.2) is 23.9 Å². The SMILES string of the molecule is COC1(C(O)Cc2cccc(F)c2F)CCCCCC1. The van der Waals surface area contributed by atoms with Gasteiger partial charge in [0.15, 0.2) is 11.6 Å². The fourth-order valence-corrected chi connectivity index (χ4v) is 3.10. The third-order valence-electron chi connectivity index (χ3n) is 4.41. The molecule has 1 aromatic rings. The Balaban J connectivity index is 2.16. The molecule has 1 aromatic carbocycles. The van der Waals surface area contributed by atoms with E-state index in [0.29, 0.717) is 0 Å². The highest BCUT2D eigenvalue weighted by molar-refractivity contribution is 5.20. The summed E-state index contributed by atoms with van der Waals surface area (Å²) in [7, 11) is 1.59. The van der Waals surface area contributed by atoms with Crippen molar-refractivity contribution < 1.29 is 18.6 Å². The molecule has 1 aliphatic carbocycles. The van der Waals surface area contributed by atoms with Crippen LogP contribution in [0.5, 0.6) is 0 Å². The molecule has 2 rings (SSSR count). The predicted octanol–water partition coefficient (Wildman–Crippen LogP) is 3.61. The van der Waals surface area contributed by atoms with Crippen molar-refractivity contribution in [1.82, 2.24) is 0 Å². The van der Waals surface area contributed by atoms with Crippen LogP contribution in [0, 0.1) is 11.6 Å². The van der Waals surface area contributed by atoms with Gasteiger partial charge in [0.2, 0.25) is 0 Å². The lowest BCUT2D eigenvalue weighted by Gasteiger charge is -2.36. The Morgan fingerprint density at radius 1 is 1.20 bits per heavy atom. The highest BCUT2D eigenvalue weighted by atomic mass is 19.2. The first-order valence-electron chi connectivity index (χ1n) is 7.25. The van der Waals surface area contributed by atoms with Crippen LogP contribution in [0.1, 0.15) is 44.1 Å². The molecule has 0 heterocycles. The highest BCUT2D eigenvalue weighted by Crippen LogP contribution is 2.34. The van der Waals surface area contributed by atoms with E-state index in [4.69, 9.17) is 4.74 Å². The minimum Gasteiger partial charge on any atom is -0.390 e. The molecule has 0 bridgehead atoms. The zero-order chi connectivity index (χ0) is 14.6. The first-order valence-corrected chi connectivity index (χ1v) is 7.25. The van der Waals surface area contributed by atoms with E-state index in [0.717, 1.165) is 44.6 Å². The molecule has 112 valence electrons. The largest absolute Gasteiger partial charge is 0.390 e. The van der Waals surface area contributed by atoms with Crippen LogP contribution in [-0.2, 0) is 11.2 Å². The smallest absolute Gasteiger partial charge is 0.162 e. The number of hydrogen-bond donors (Lipinski definition) is 1. The van der Waals surface area contributed by atoms with Crippen molar-refractivity contribution in [2.75, 3.05) is 7.11 Å². The first kappa shape index (κ1) is 15.4. The molecule has 20 heavy (non-hydrogen) atoms. The van der Waals surface area contributed by atoms with Gasteiger partial charge in [0.25, 0.3) is 0 Å². The molecule has 0 amide bonds. The molecule has 1 N–H and O–H groups in total. The van der Waals surface area contributed by atoms with Crippen molar-refractivity contribution in [2.45, 2.75) is 56.7 Å². The number of ether oxygens (including phenoxy) is 1. The molecule has 1 unspecified atom stereocenters. The Hall–Kier alpha value is -1.00. The van der Waals surface area contributed by atoms with E-state index in [1.165, 1.54) is 12.1 Å². The molecule has 1 atom stereocenters. The van der Waals surface area contributed by atoms with E-state index >= 15 is 0 Å². The maximum atomic E-state index is 13.7. The van der Waals surface area contributed by atoms with Crippen LogP contribution >= 0.6 is 0 Å². The van der Waals surface area contributed by atoms with E-state index in [9.17, 15) is 13.9 Å². The van der Waals surface area contributed by atoms with Gasteiger partial charge < -0.3 is 9.84 Å². The highest BCUT2D eigenvalue weighted by Gasteiger charge is 2.38. The lowest BCUT2D eigenvalue weighted by molar-refractivity contribution is -0.111. The average Bonchev–Trinajstić information content (AvgIpc) is 2.70. The van der Waals surface area contributed by atoms with Gasteiger partial charge in [-0.1, -0.05) is 37.8 Å². The topological polar surface area (TPSA) is 29.5 Å². The second-order valence-electron chi connectivity index (χ2n) is 5.62. The van der Waals surface area contributed by atoms with Crippen LogP contribution in [0.15, 0.2) is 18.2 Å². The maximum Gasteiger partial charge on any atom is 0.162 e. The molecule has 0 radical (unpaired) electrons. The number of aliphatic hydroxyl groups is 1. The van der Waals surface area contributed by atoms with Crippen molar-refractivity contribution in [3.05, 3.63) is 35.4 Å². The standard InChI is InChI=1S/C16H22F2O2/c1-20-16(9-4-2-3-5-10-16)14(19)11-12-7-6-8-13(17)15(12)18/h6-8,14,19H,2-5,9-11H2,1H3. The summed E-state index contributed by atoms with van der Waals surface area (Å²) >= 11 is 0. The minimum atomic E-state index is -0.873. The van der Waals surface area contributed by atoms with Crippen LogP contribution < -0.4 is 0 Å². The summed E-state index contributed by atoms with van der Waals surface area (Å²) in [6.45, 7) is 0. The molecule has 1 aliphatic rings. The van der Waals surface area contributed by atoms with Crippen LogP contribution in [0.4, 0.5) is 8.78 Å². The van der Waals surface area contributed by atoms with Gasteiger partial charge in [-0.05, 0) is 24.5 Å². The third-order valence-corrected chi connectivity index (χ3v) is 4.41. The number of rotatable bonds is 4. The van der Waals surface area contributed by atoms with Crippen molar-refractivity contribution in [3.63, 3.8) is 0 Å². The van der Waals surface area contributed by atoms with Crippen molar-refractivity contribution >= 4 is 0 Å². The molecule has 0 saturated heterocycles. The molecular formula is C16H22F2O2. The summed E-state index contributed by atoms with van der Waals surface area (Å²) in [5, 5.41) is 10.5. The number of benzene rings is 1. The van der Waals surface area contributed by atoms with Gasteiger partial charge in [0, 0.05) is 13.5 Å². The van der Waals surface area contributed by atoms with Gasteiger partial charge in [-0.2, -0.15) is 0 Å². The molecule has 1 fully saturated rings. The van der Waals surface area contributed by atoms with Gasteiger partial charge in [-0.15, -0.1) is 0 Å². The van der Waals surface area contributed by atoms with E-state index in [-0.39, 0.29) is 12.0 Å². The molecule has 0 spiro atoms. The quantitative estimate of drug-likeness (QED) is 0.856. The maximum absolute atomic E-state index is 13.7. The van der Waals surface area contributed by atoms with E-state index in [1.807, 2.05) is 0 Å². The Morgan fingerprint density at radius 3 is 2.45 bits per heavy atom. The van der Waals surface area contributed by atoms with Crippen molar-refractivity contribution in [2.24, 2.45) is 0 Å². The van der Waals surface area contributed by atoms with Crippen LogP contribution in [0.3, 0.4) is 0 Å². The number of methoxy groups -OCH3 is 1. The third kappa shape index (κ3) is 3.18. The summed E-state index contributed by atoms with van der Waals surface area (Å²) < 4.78 is 32.5. The lowest BCUT2D eigenvalue weighted by Crippen LogP contribution is -2.45. The van der Waals surface area contributed by atoms with Gasteiger partial charge in [0.1, 0.15) is 0 Å². The monoisotopic (exact) mass is 284 g/mol. The van der Waals surface area contributed by atoms with Gasteiger partial charge in [-0.25, -0.2) is 8.78 Å². The summed E-state index contributed by atoms with van der Waals surface area (Å²) in [6.07, 6.45) is 5.05. The van der Waals surface area contributed by atoms with Gasteiger partial charge >= 0.3 is 0 Å². The first-order chi connectivity index (χ1) is 9.59. The van der Waals surface area contributed by atoms with Gasteiger partial charge in [-0.3, -0.25) is 0 Å². The minimum absolute atomic E-state index is 0.0808. The Morgan fingerprint density at radius 2 is 1.85 bits per heavy atom. The second-order valence-corrected chi connectivity index (χ2v) is 5.62. The summed E-state index contributed by atoms with van der Waals surface area (Å²) in [6, 6.07) is 4.07. The zero-order valence-corrected chi connectivity index (χ0v) is 11.9. The molecular weight excluding hydrogens is 262 g/mol. The van der Waals surface area contributed by atoms with E-state index in [1.54, 1.807) is 7.11 Å². The van der Waals surface area contributed by atoms with Crippen molar-refractivity contribution in [3.8, 4) is 0 Å². The molecule has 0 aromatic heterocycles. The lowest BCUT2D eigenvalue weighted by atomic mass is 9.84. The summed E-state index contributed by atoms with van der Waals surface area (Å²) in [4.78, 5) is 0. The van der Waals surface area contributed by atoms with Crippen molar-refractivity contribution in [1.29, 1.82) is 0 Å². The second kappa shape index (κ2) is 6.64. The molecule has 2 nitrogen and oxygen atoms in total. The predicted molar refractivity (Wildman–Crippen MR) is 73.5 cm³/mol. The Bertz CT molecular complexity index is 440. The number of halogens is 2. The Kier molecular flexibility index (Phi) is 5.11. The van der Waals surface area contributed by atoms with E-state index in [2.05, 4.69) is 0 Å². The zero-order valence-electron chi connectivity index (χ0n) is 11.9. The Labute approximate surface area is 118 Å². The number of hydrogen-bond acceptors (Lipinski definition) is 2.